The normalized spacial score (nSPS) is 12.6. The summed E-state index contributed by atoms with van der Waals surface area (Å²) < 4.78 is 1.08. The Morgan fingerprint density at radius 2 is 2.04 bits per heavy atom. The molecule has 2 N–H and O–H groups in total. The van der Waals surface area contributed by atoms with E-state index in [0.29, 0.717) is 5.13 Å². The van der Waals surface area contributed by atoms with Gasteiger partial charge in [-0.2, -0.15) is 0 Å². The molecule has 0 aliphatic carbocycles. The van der Waals surface area contributed by atoms with Crippen LogP contribution in [0.25, 0.3) is 21.3 Å². The zero-order valence-corrected chi connectivity index (χ0v) is 15.4. The molecule has 0 saturated carbocycles. The van der Waals surface area contributed by atoms with Crippen LogP contribution in [0.2, 0.25) is 0 Å². The Kier molecular flexibility index (Phi) is 4.19. The first-order valence-electron chi connectivity index (χ1n) is 7.88. The number of H-pyrrole nitrogens is 1. The number of fused-ring (bicyclic) bond motifs is 2. The molecule has 5 nitrogen and oxygen atoms in total. The molecule has 1 amide bonds. The number of nitrogens with zero attached hydrogens (tertiary/aromatic N) is 2. The SMILES string of the molecule is Cc1ccc2nc(NC(=O)C(C)Sc3nc4ccccc4[nH]3)sc2c1. The number of nitrogens with one attached hydrogen (secondary N) is 2. The third-order valence-corrected chi connectivity index (χ3v) is 5.72. The second kappa shape index (κ2) is 6.50. The van der Waals surface area contributed by atoms with Gasteiger partial charge in [0.2, 0.25) is 5.91 Å². The van der Waals surface area contributed by atoms with Gasteiger partial charge in [0.25, 0.3) is 0 Å². The number of carbonyl (C=O) groups excluding carboxylic acids is 1. The molecule has 4 rings (SSSR count). The number of anilines is 1. The number of hydrogen-bond acceptors (Lipinski definition) is 5. The maximum absolute atomic E-state index is 12.5. The van der Waals surface area contributed by atoms with E-state index in [4.69, 9.17) is 0 Å². The Morgan fingerprint density at radius 3 is 2.88 bits per heavy atom. The van der Waals surface area contributed by atoms with Gasteiger partial charge in [-0.05, 0) is 43.7 Å². The van der Waals surface area contributed by atoms with Crippen molar-refractivity contribution in [1.29, 1.82) is 0 Å². The number of imidazole rings is 1. The van der Waals surface area contributed by atoms with Crippen LogP contribution in [0.4, 0.5) is 5.13 Å². The van der Waals surface area contributed by atoms with Gasteiger partial charge in [-0.3, -0.25) is 4.79 Å². The number of thioether (sulfide) groups is 1. The van der Waals surface area contributed by atoms with E-state index in [0.717, 1.165) is 26.4 Å². The molecule has 0 radical (unpaired) electrons. The van der Waals surface area contributed by atoms with Crippen LogP contribution in [0, 0.1) is 6.92 Å². The molecule has 2 aromatic carbocycles. The third kappa shape index (κ3) is 3.38. The summed E-state index contributed by atoms with van der Waals surface area (Å²) in [6, 6.07) is 13.9. The quantitative estimate of drug-likeness (QED) is 0.517. The molecule has 25 heavy (non-hydrogen) atoms. The summed E-state index contributed by atoms with van der Waals surface area (Å²) in [6.45, 7) is 3.91. The fraction of sp³-hybridized carbons (Fsp3) is 0.167. The minimum atomic E-state index is -0.283. The molecule has 0 aliphatic heterocycles. The van der Waals surface area contributed by atoms with Crippen molar-refractivity contribution >= 4 is 55.4 Å². The van der Waals surface area contributed by atoms with Crippen molar-refractivity contribution < 1.29 is 4.79 Å². The number of para-hydroxylation sites is 2. The van der Waals surface area contributed by atoms with Gasteiger partial charge in [-0.25, -0.2) is 9.97 Å². The van der Waals surface area contributed by atoms with Crippen molar-refractivity contribution in [3.8, 4) is 0 Å². The molecule has 7 heteroatoms. The van der Waals surface area contributed by atoms with Gasteiger partial charge in [0.05, 0.1) is 26.5 Å². The molecule has 2 aromatic heterocycles. The van der Waals surface area contributed by atoms with Crippen LogP contribution in [-0.4, -0.2) is 26.1 Å². The summed E-state index contributed by atoms with van der Waals surface area (Å²) in [5.41, 5.74) is 3.96. The van der Waals surface area contributed by atoms with Gasteiger partial charge in [0.15, 0.2) is 10.3 Å². The number of aromatic amines is 1. The van der Waals surface area contributed by atoms with Gasteiger partial charge in [-0.15, -0.1) is 0 Å². The number of carbonyl (C=O) groups is 1. The van der Waals surface area contributed by atoms with Crippen LogP contribution in [-0.2, 0) is 4.79 Å². The highest BCUT2D eigenvalue weighted by atomic mass is 32.2. The van der Waals surface area contributed by atoms with Gasteiger partial charge in [0.1, 0.15) is 0 Å². The first-order valence-corrected chi connectivity index (χ1v) is 9.57. The standard InChI is InChI=1S/C18H16N4OS2/c1-10-7-8-14-15(9-10)25-18(21-14)22-16(23)11(2)24-17-19-12-5-3-4-6-13(12)20-17/h3-9,11H,1-2H3,(H,19,20)(H,21,22,23). The van der Waals surface area contributed by atoms with Crippen molar-refractivity contribution in [2.75, 3.05) is 5.32 Å². The summed E-state index contributed by atoms with van der Waals surface area (Å²) in [6.07, 6.45) is 0. The maximum Gasteiger partial charge on any atom is 0.239 e. The Bertz CT molecular complexity index is 1040. The Labute approximate surface area is 152 Å². The number of aryl methyl sites for hydroxylation is 1. The Morgan fingerprint density at radius 1 is 1.20 bits per heavy atom. The molecule has 126 valence electrons. The van der Waals surface area contributed by atoms with Crippen molar-refractivity contribution in [1.82, 2.24) is 15.0 Å². The van der Waals surface area contributed by atoms with Crippen LogP contribution < -0.4 is 5.32 Å². The van der Waals surface area contributed by atoms with Crippen molar-refractivity contribution in [2.24, 2.45) is 0 Å². The largest absolute Gasteiger partial charge is 0.333 e. The molecular weight excluding hydrogens is 352 g/mol. The first-order chi connectivity index (χ1) is 12.1. The maximum atomic E-state index is 12.5. The lowest BCUT2D eigenvalue weighted by Gasteiger charge is -2.08. The van der Waals surface area contributed by atoms with Crippen molar-refractivity contribution in [3.63, 3.8) is 0 Å². The summed E-state index contributed by atoms with van der Waals surface area (Å²) in [5, 5.41) is 3.99. The zero-order chi connectivity index (χ0) is 17.4. The van der Waals surface area contributed by atoms with E-state index in [1.807, 2.05) is 50.2 Å². The fourth-order valence-electron chi connectivity index (χ4n) is 2.50. The van der Waals surface area contributed by atoms with Crippen LogP contribution in [0.5, 0.6) is 0 Å². The van der Waals surface area contributed by atoms with E-state index in [9.17, 15) is 4.79 Å². The Balaban J connectivity index is 1.47. The molecule has 0 saturated heterocycles. The lowest BCUT2D eigenvalue weighted by Crippen LogP contribution is -2.22. The first kappa shape index (κ1) is 16.1. The molecule has 0 fully saturated rings. The van der Waals surface area contributed by atoms with Crippen LogP contribution in [0.3, 0.4) is 0 Å². The second-order valence-electron chi connectivity index (χ2n) is 5.80. The lowest BCUT2D eigenvalue weighted by atomic mass is 10.2. The number of thiazole rings is 1. The predicted octanol–water partition coefficient (Wildman–Crippen LogP) is 4.60. The van der Waals surface area contributed by atoms with Crippen molar-refractivity contribution in [2.45, 2.75) is 24.3 Å². The molecule has 1 atom stereocenters. The highest BCUT2D eigenvalue weighted by Gasteiger charge is 2.18. The van der Waals surface area contributed by atoms with Crippen molar-refractivity contribution in [3.05, 3.63) is 48.0 Å². The predicted molar refractivity (Wildman–Crippen MR) is 104 cm³/mol. The molecule has 0 aliphatic rings. The minimum Gasteiger partial charge on any atom is -0.333 e. The minimum absolute atomic E-state index is 0.0822. The number of hydrogen-bond donors (Lipinski definition) is 2. The molecule has 2 heterocycles. The van der Waals surface area contributed by atoms with E-state index in [-0.39, 0.29) is 11.2 Å². The highest BCUT2D eigenvalue weighted by molar-refractivity contribution is 8.00. The summed E-state index contributed by atoms with van der Waals surface area (Å²) in [7, 11) is 0. The van der Waals surface area contributed by atoms with Crippen LogP contribution >= 0.6 is 23.1 Å². The number of aromatic nitrogens is 3. The highest BCUT2D eigenvalue weighted by Crippen LogP contribution is 2.28. The average Bonchev–Trinajstić information content (AvgIpc) is 3.16. The Hall–Kier alpha value is -2.38. The van der Waals surface area contributed by atoms with Gasteiger partial charge in [0, 0.05) is 0 Å². The molecule has 4 aromatic rings. The van der Waals surface area contributed by atoms with Crippen LogP contribution in [0.1, 0.15) is 12.5 Å². The van der Waals surface area contributed by atoms with Gasteiger partial charge >= 0.3 is 0 Å². The van der Waals surface area contributed by atoms with Crippen LogP contribution in [0.15, 0.2) is 47.6 Å². The fourth-order valence-corrected chi connectivity index (χ4v) is 4.29. The summed E-state index contributed by atoms with van der Waals surface area (Å²) in [4.78, 5) is 24.7. The monoisotopic (exact) mass is 368 g/mol. The lowest BCUT2D eigenvalue weighted by molar-refractivity contribution is -0.115. The molecular formula is C18H16N4OS2. The van der Waals surface area contributed by atoms with E-state index in [1.165, 1.54) is 28.7 Å². The smallest absolute Gasteiger partial charge is 0.239 e. The third-order valence-electron chi connectivity index (χ3n) is 3.80. The van der Waals surface area contributed by atoms with Gasteiger partial charge in [-0.1, -0.05) is 41.3 Å². The van der Waals surface area contributed by atoms with E-state index in [2.05, 4.69) is 26.3 Å². The van der Waals surface area contributed by atoms with E-state index < -0.39 is 0 Å². The molecule has 1 unspecified atom stereocenters. The number of rotatable bonds is 4. The average molecular weight is 368 g/mol. The summed E-state index contributed by atoms with van der Waals surface area (Å²) in [5.74, 6) is -0.0822. The topological polar surface area (TPSA) is 70.7 Å². The number of benzene rings is 2. The number of amides is 1. The second-order valence-corrected chi connectivity index (χ2v) is 8.16. The van der Waals surface area contributed by atoms with E-state index in [1.54, 1.807) is 0 Å². The zero-order valence-electron chi connectivity index (χ0n) is 13.7. The summed E-state index contributed by atoms with van der Waals surface area (Å²) >= 11 is 2.90. The van der Waals surface area contributed by atoms with E-state index >= 15 is 0 Å². The molecule has 0 bridgehead atoms. The van der Waals surface area contributed by atoms with Gasteiger partial charge < -0.3 is 10.3 Å². The molecule has 0 spiro atoms.